The lowest BCUT2D eigenvalue weighted by molar-refractivity contribution is -0.157. The Labute approximate surface area is 105 Å². The zero-order valence-corrected chi connectivity index (χ0v) is 9.91. The number of halogens is 3. The molecule has 0 aromatic rings. The summed E-state index contributed by atoms with van der Waals surface area (Å²) in [5, 5.41) is 10.8. The molecule has 1 aliphatic carbocycles. The lowest BCUT2D eigenvalue weighted by Gasteiger charge is -2.15. The Morgan fingerprint density at radius 3 is 2.42 bits per heavy atom. The Kier molecular flexibility index (Phi) is 4.06. The van der Waals surface area contributed by atoms with Crippen molar-refractivity contribution in [2.24, 2.45) is 5.92 Å². The van der Waals surface area contributed by atoms with Gasteiger partial charge in [-0.25, -0.2) is 4.79 Å². The molecule has 1 saturated carbocycles. The molecule has 2 N–H and O–H groups in total. The van der Waals surface area contributed by atoms with Gasteiger partial charge in [0.15, 0.2) is 0 Å². The van der Waals surface area contributed by atoms with Crippen LogP contribution in [0.25, 0.3) is 0 Å². The number of carbonyl (C=O) groups excluding carboxylic acids is 2. The van der Waals surface area contributed by atoms with Crippen molar-refractivity contribution in [2.45, 2.75) is 31.5 Å². The van der Waals surface area contributed by atoms with Crippen molar-refractivity contribution in [3.63, 3.8) is 0 Å². The summed E-state index contributed by atoms with van der Waals surface area (Å²) in [4.78, 5) is 32.7. The third-order valence-corrected chi connectivity index (χ3v) is 2.70. The van der Waals surface area contributed by atoms with Crippen LogP contribution in [0.3, 0.4) is 0 Å². The maximum atomic E-state index is 12.0. The van der Waals surface area contributed by atoms with Gasteiger partial charge in [0.1, 0.15) is 12.0 Å². The molecule has 0 heterocycles. The fourth-order valence-corrected chi connectivity index (χ4v) is 1.69. The summed E-state index contributed by atoms with van der Waals surface area (Å²) in [7, 11) is 0. The minimum atomic E-state index is -4.70. The highest BCUT2D eigenvalue weighted by Gasteiger charge is 2.62. The van der Waals surface area contributed by atoms with Gasteiger partial charge in [0.2, 0.25) is 5.91 Å². The molecule has 0 aromatic heterocycles. The van der Waals surface area contributed by atoms with Gasteiger partial charge in [-0.3, -0.25) is 9.59 Å². The highest BCUT2D eigenvalue weighted by atomic mass is 19.4. The van der Waals surface area contributed by atoms with Gasteiger partial charge in [-0.1, -0.05) is 0 Å². The molecule has 1 aliphatic rings. The van der Waals surface area contributed by atoms with Crippen molar-refractivity contribution in [2.75, 3.05) is 6.61 Å². The SMILES string of the molecule is CC(=O)OC[C@H]1C[C@@]1(NC(=O)CC(F)(F)F)C(=O)O. The first-order chi connectivity index (χ1) is 8.57. The maximum Gasteiger partial charge on any atom is 0.397 e. The van der Waals surface area contributed by atoms with E-state index in [2.05, 4.69) is 4.74 Å². The average molecular weight is 283 g/mol. The Balaban J connectivity index is 2.59. The van der Waals surface area contributed by atoms with E-state index in [1.54, 1.807) is 0 Å². The number of aliphatic carboxylic acids is 1. The van der Waals surface area contributed by atoms with Crippen LogP contribution in [0.5, 0.6) is 0 Å². The smallest absolute Gasteiger partial charge is 0.397 e. The van der Waals surface area contributed by atoms with E-state index in [9.17, 15) is 27.6 Å². The number of hydrogen-bond acceptors (Lipinski definition) is 4. The first-order valence-corrected chi connectivity index (χ1v) is 5.31. The van der Waals surface area contributed by atoms with Crippen molar-refractivity contribution in [3.05, 3.63) is 0 Å². The van der Waals surface area contributed by atoms with E-state index in [0.29, 0.717) is 0 Å². The molecule has 108 valence electrons. The van der Waals surface area contributed by atoms with Crippen LogP contribution >= 0.6 is 0 Å². The molecule has 0 radical (unpaired) electrons. The lowest BCUT2D eigenvalue weighted by Crippen LogP contribution is -2.46. The third kappa shape index (κ3) is 4.11. The van der Waals surface area contributed by atoms with Gasteiger partial charge >= 0.3 is 18.1 Å². The van der Waals surface area contributed by atoms with Crippen LogP contribution in [0, 0.1) is 5.92 Å². The van der Waals surface area contributed by atoms with E-state index in [-0.39, 0.29) is 13.0 Å². The molecule has 0 bridgehead atoms. The molecular formula is C10H12F3NO5. The van der Waals surface area contributed by atoms with E-state index < -0.39 is 41.9 Å². The van der Waals surface area contributed by atoms with Crippen LogP contribution in [0.15, 0.2) is 0 Å². The molecule has 0 spiro atoms. The lowest BCUT2D eigenvalue weighted by atomic mass is 10.2. The van der Waals surface area contributed by atoms with Gasteiger partial charge < -0.3 is 15.2 Å². The number of rotatable bonds is 5. The number of alkyl halides is 3. The summed E-state index contributed by atoms with van der Waals surface area (Å²) in [6.45, 7) is 0.862. The Morgan fingerprint density at radius 1 is 1.42 bits per heavy atom. The van der Waals surface area contributed by atoms with Crippen molar-refractivity contribution in [1.82, 2.24) is 5.32 Å². The van der Waals surface area contributed by atoms with Crippen LogP contribution in [-0.2, 0) is 19.1 Å². The van der Waals surface area contributed by atoms with Gasteiger partial charge in [0, 0.05) is 12.8 Å². The number of carboxylic acids is 1. The van der Waals surface area contributed by atoms with Crippen molar-refractivity contribution < 1.29 is 37.4 Å². The minimum absolute atomic E-state index is 0.0702. The third-order valence-electron chi connectivity index (χ3n) is 2.70. The molecule has 9 heteroatoms. The minimum Gasteiger partial charge on any atom is -0.479 e. The second-order valence-corrected chi connectivity index (χ2v) is 4.32. The second kappa shape index (κ2) is 5.06. The number of carboxylic acid groups (broad SMARTS) is 1. The zero-order chi connectivity index (χ0) is 14.8. The number of esters is 1. The Bertz CT molecular complexity index is 408. The molecule has 19 heavy (non-hydrogen) atoms. The number of hydrogen-bond donors (Lipinski definition) is 2. The fraction of sp³-hybridized carbons (Fsp3) is 0.700. The first-order valence-electron chi connectivity index (χ1n) is 5.31. The Hall–Kier alpha value is -1.80. The van der Waals surface area contributed by atoms with Crippen molar-refractivity contribution >= 4 is 17.8 Å². The predicted octanol–water partition coefficient (Wildman–Crippen LogP) is 0.461. The van der Waals surface area contributed by atoms with Crippen LogP contribution in [0.4, 0.5) is 13.2 Å². The largest absolute Gasteiger partial charge is 0.479 e. The molecular weight excluding hydrogens is 271 g/mol. The van der Waals surface area contributed by atoms with Gasteiger partial charge in [-0.2, -0.15) is 13.2 Å². The summed E-state index contributed by atoms with van der Waals surface area (Å²) in [5.41, 5.74) is -1.77. The Morgan fingerprint density at radius 2 is 2.00 bits per heavy atom. The molecule has 0 aromatic carbocycles. The summed E-state index contributed by atoms with van der Waals surface area (Å²) in [6, 6.07) is 0. The summed E-state index contributed by atoms with van der Waals surface area (Å²) >= 11 is 0. The van der Waals surface area contributed by atoms with E-state index in [0.717, 1.165) is 6.92 Å². The molecule has 1 fully saturated rings. The van der Waals surface area contributed by atoms with Gasteiger partial charge in [-0.05, 0) is 6.42 Å². The first kappa shape index (κ1) is 15.3. The monoisotopic (exact) mass is 283 g/mol. The van der Waals surface area contributed by atoms with Gasteiger partial charge in [-0.15, -0.1) is 0 Å². The van der Waals surface area contributed by atoms with E-state index in [4.69, 9.17) is 5.11 Å². The zero-order valence-electron chi connectivity index (χ0n) is 9.91. The quantitative estimate of drug-likeness (QED) is 0.715. The average Bonchev–Trinajstić information content (AvgIpc) is 2.86. The van der Waals surface area contributed by atoms with Crippen LogP contribution in [-0.4, -0.2) is 41.3 Å². The van der Waals surface area contributed by atoms with Crippen molar-refractivity contribution in [1.29, 1.82) is 0 Å². The molecule has 0 saturated heterocycles. The van der Waals surface area contributed by atoms with Gasteiger partial charge in [0.25, 0.3) is 0 Å². The van der Waals surface area contributed by atoms with Crippen LogP contribution < -0.4 is 5.32 Å². The van der Waals surface area contributed by atoms with E-state index in [1.165, 1.54) is 0 Å². The predicted molar refractivity (Wildman–Crippen MR) is 53.9 cm³/mol. The molecule has 2 atom stereocenters. The fourth-order valence-electron chi connectivity index (χ4n) is 1.69. The van der Waals surface area contributed by atoms with E-state index >= 15 is 0 Å². The summed E-state index contributed by atoms with van der Waals surface area (Å²) < 4.78 is 40.5. The van der Waals surface area contributed by atoms with Gasteiger partial charge in [0.05, 0.1) is 6.61 Å². The molecule has 1 amide bonds. The number of amides is 1. The maximum absolute atomic E-state index is 12.0. The summed E-state index contributed by atoms with van der Waals surface area (Å²) in [6.07, 6.45) is -6.52. The van der Waals surface area contributed by atoms with Crippen molar-refractivity contribution in [3.8, 4) is 0 Å². The summed E-state index contributed by atoms with van der Waals surface area (Å²) in [5.74, 6) is -4.21. The number of nitrogens with one attached hydrogen (secondary N) is 1. The second-order valence-electron chi connectivity index (χ2n) is 4.32. The molecule has 1 rings (SSSR count). The van der Waals surface area contributed by atoms with E-state index in [1.807, 2.05) is 5.32 Å². The highest BCUT2D eigenvalue weighted by molar-refractivity contribution is 5.90. The molecule has 0 aliphatic heterocycles. The standard InChI is InChI=1S/C10H12F3NO5/c1-5(15)19-4-6-2-9(6,8(17)18)14-7(16)3-10(11,12)13/h6H,2-4H2,1H3,(H,14,16)(H,17,18)/t6-,9+/m1/s1. The topological polar surface area (TPSA) is 92.7 Å². The number of ether oxygens (including phenoxy) is 1. The normalized spacial score (nSPS) is 25.6. The highest BCUT2D eigenvalue weighted by Crippen LogP contribution is 2.44. The molecule has 0 unspecified atom stereocenters. The number of carbonyl (C=O) groups is 3. The van der Waals surface area contributed by atoms with Crippen LogP contribution in [0.1, 0.15) is 19.8 Å². The van der Waals surface area contributed by atoms with Crippen LogP contribution in [0.2, 0.25) is 0 Å². The molecule has 6 nitrogen and oxygen atoms in total.